The fourth-order valence-electron chi connectivity index (χ4n) is 0.835. The smallest absolute Gasteiger partial charge is 0.544 e. The summed E-state index contributed by atoms with van der Waals surface area (Å²) in [7, 11) is 0. The molecule has 0 amide bonds. The topological polar surface area (TPSA) is 58.6 Å². The maximum Gasteiger partial charge on any atom is 1.00 e. The molecule has 1 rings (SSSR count). The summed E-state index contributed by atoms with van der Waals surface area (Å²) >= 11 is 0. The van der Waals surface area contributed by atoms with Crippen LogP contribution in [-0.2, 0) is 14.3 Å². The van der Waals surface area contributed by atoms with Crippen molar-refractivity contribution in [3.63, 3.8) is 0 Å². The van der Waals surface area contributed by atoms with E-state index in [9.17, 15) is 9.90 Å². The summed E-state index contributed by atoms with van der Waals surface area (Å²) in [6.07, 6.45) is -0.164. The second kappa shape index (κ2) is 4.32. The van der Waals surface area contributed by atoms with Crippen LogP contribution < -0.4 is 56.5 Å². The molecular formula is C6H9KO4. The van der Waals surface area contributed by atoms with Crippen molar-refractivity contribution in [2.75, 3.05) is 6.61 Å². The van der Waals surface area contributed by atoms with Crippen molar-refractivity contribution >= 4 is 5.97 Å². The Morgan fingerprint density at radius 2 is 2.27 bits per heavy atom. The number of rotatable bonds is 1. The summed E-state index contributed by atoms with van der Waals surface area (Å²) in [5.41, 5.74) is 0. The first kappa shape index (κ1) is 12.0. The van der Waals surface area contributed by atoms with Crippen molar-refractivity contribution in [1.82, 2.24) is 0 Å². The van der Waals surface area contributed by atoms with Gasteiger partial charge in [0.05, 0.1) is 12.7 Å². The van der Waals surface area contributed by atoms with Crippen molar-refractivity contribution < 1.29 is 70.8 Å². The second-order valence-corrected chi connectivity index (χ2v) is 2.47. The average molecular weight is 184 g/mol. The van der Waals surface area contributed by atoms with Crippen molar-refractivity contribution in [3.8, 4) is 0 Å². The number of carboxylic acids is 1. The first-order valence-corrected chi connectivity index (χ1v) is 3.08. The van der Waals surface area contributed by atoms with Crippen molar-refractivity contribution in [1.29, 1.82) is 0 Å². The van der Waals surface area contributed by atoms with E-state index in [0.29, 0.717) is 6.61 Å². The fourth-order valence-corrected chi connectivity index (χ4v) is 0.835. The van der Waals surface area contributed by atoms with Crippen LogP contribution in [0.1, 0.15) is 13.8 Å². The Labute approximate surface area is 108 Å². The Kier molecular flexibility index (Phi) is 4.72. The molecule has 0 aliphatic carbocycles. The predicted molar refractivity (Wildman–Crippen MR) is 29.9 cm³/mol. The van der Waals surface area contributed by atoms with Gasteiger partial charge in [0.1, 0.15) is 5.97 Å². The normalized spacial score (nSPS) is 36.4. The summed E-state index contributed by atoms with van der Waals surface area (Å²) in [5.74, 6) is -2.85. The Hall–Kier alpha value is 1.03. The van der Waals surface area contributed by atoms with Crippen LogP contribution in [-0.4, -0.2) is 24.5 Å². The van der Waals surface area contributed by atoms with Gasteiger partial charge in [-0.05, 0) is 13.8 Å². The molecule has 0 aromatic heterocycles. The van der Waals surface area contributed by atoms with Gasteiger partial charge in [0, 0.05) is 0 Å². The van der Waals surface area contributed by atoms with Gasteiger partial charge < -0.3 is 19.4 Å². The van der Waals surface area contributed by atoms with E-state index >= 15 is 0 Å². The van der Waals surface area contributed by atoms with E-state index in [1.165, 1.54) is 6.92 Å². The first-order chi connectivity index (χ1) is 4.54. The number of ether oxygens (including phenoxy) is 2. The molecule has 1 aliphatic heterocycles. The summed E-state index contributed by atoms with van der Waals surface area (Å²) in [4.78, 5) is 10.3. The van der Waals surface area contributed by atoms with Gasteiger partial charge in [0.2, 0.25) is 5.79 Å². The Morgan fingerprint density at radius 3 is 2.45 bits per heavy atom. The average Bonchev–Trinajstić information content (AvgIpc) is 2.13. The third-order valence-electron chi connectivity index (χ3n) is 1.39. The molecule has 0 spiro atoms. The van der Waals surface area contributed by atoms with Crippen LogP contribution >= 0.6 is 0 Å². The molecule has 0 aromatic rings. The zero-order chi connectivity index (χ0) is 7.78. The van der Waals surface area contributed by atoms with Gasteiger partial charge in [-0.2, -0.15) is 0 Å². The number of hydrogen-bond acceptors (Lipinski definition) is 4. The van der Waals surface area contributed by atoms with Crippen molar-refractivity contribution in [2.24, 2.45) is 0 Å². The molecule has 2 atom stereocenters. The third-order valence-corrected chi connectivity index (χ3v) is 1.39. The molecule has 1 saturated heterocycles. The van der Waals surface area contributed by atoms with E-state index in [0.717, 1.165) is 0 Å². The minimum Gasteiger partial charge on any atom is -0.544 e. The Balaban J connectivity index is 0.000001000. The zero-order valence-electron chi connectivity index (χ0n) is 6.92. The SMILES string of the molecule is CC1COC(C)(C(=O)[O-])O1.[K+]. The van der Waals surface area contributed by atoms with Gasteiger partial charge in [0.25, 0.3) is 0 Å². The van der Waals surface area contributed by atoms with Crippen molar-refractivity contribution in [2.45, 2.75) is 25.7 Å². The van der Waals surface area contributed by atoms with E-state index in [1.807, 2.05) is 0 Å². The Morgan fingerprint density at radius 1 is 1.73 bits per heavy atom. The van der Waals surface area contributed by atoms with Gasteiger partial charge in [-0.1, -0.05) is 0 Å². The third kappa shape index (κ3) is 2.76. The minimum absolute atomic E-state index is 0. The number of aliphatic carboxylic acids is 1. The summed E-state index contributed by atoms with van der Waals surface area (Å²) in [5, 5.41) is 10.3. The number of carboxylic acid groups (broad SMARTS) is 1. The number of carbonyl (C=O) groups is 1. The van der Waals surface area contributed by atoms with Gasteiger partial charge >= 0.3 is 51.4 Å². The van der Waals surface area contributed by atoms with Crippen molar-refractivity contribution in [3.05, 3.63) is 0 Å². The first-order valence-electron chi connectivity index (χ1n) is 3.08. The molecule has 0 saturated carbocycles. The molecule has 58 valence electrons. The van der Waals surface area contributed by atoms with E-state index in [4.69, 9.17) is 9.47 Å². The van der Waals surface area contributed by atoms with Crippen LogP contribution in [0.15, 0.2) is 0 Å². The zero-order valence-corrected chi connectivity index (χ0v) is 10.0. The molecule has 0 radical (unpaired) electrons. The molecule has 1 aliphatic rings. The molecule has 2 unspecified atom stereocenters. The quantitative estimate of drug-likeness (QED) is 0.389. The minimum atomic E-state index is -1.53. The molecule has 1 fully saturated rings. The molecule has 4 nitrogen and oxygen atoms in total. The van der Waals surface area contributed by atoms with Crippen LogP contribution in [0.3, 0.4) is 0 Å². The summed E-state index contributed by atoms with van der Waals surface area (Å²) < 4.78 is 9.76. The number of hydrogen-bond donors (Lipinski definition) is 0. The summed E-state index contributed by atoms with van der Waals surface area (Å²) in [6, 6.07) is 0. The van der Waals surface area contributed by atoms with Crippen LogP contribution in [0.5, 0.6) is 0 Å². The molecule has 0 bridgehead atoms. The molecule has 5 heteroatoms. The molecule has 0 aromatic carbocycles. The maximum absolute atomic E-state index is 10.3. The predicted octanol–water partition coefficient (Wildman–Crippen LogP) is -4.11. The standard InChI is InChI=1S/C6H10O4.K/c1-4-3-9-6(2,10-4)5(7)8;/h4H,3H2,1-2H3,(H,7,8);/q;+1/p-1. The van der Waals surface area contributed by atoms with Gasteiger partial charge in [0.15, 0.2) is 0 Å². The van der Waals surface area contributed by atoms with Crippen LogP contribution in [0.2, 0.25) is 0 Å². The molecule has 11 heavy (non-hydrogen) atoms. The van der Waals surface area contributed by atoms with Crippen LogP contribution in [0, 0.1) is 0 Å². The van der Waals surface area contributed by atoms with Crippen LogP contribution in [0.25, 0.3) is 0 Å². The monoisotopic (exact) mass is 184 g/mol. The summed E-state index contributed by atoms with van der Waals surface area (Å²) in [6.45, 7) is 3.39. The number of carbonyl (C=O) groups excluding carboxylic acids is 1. The van der Waals surface area contributed by atoms with E-state index in [1.54, 1.807) is 6.92 Å². The Bertz CT molecular complexity index is 161. The van der Waals surface area contributed by atoms with E-state index in [2.05, 4.69) is 0 Å². The second-order valence-electron chi connectivity index (χ2n) is 2.47. The largest absolute Gasteiger partial charge is 1.00 e. The fraction of sp³-hybridized carbons (Fsp3) is 0.833. The molecule has 1 heterocycles. The van der Waals surface area contributed by atoms with E-state index in [-0.39, 0.29) is 57.5 Å². The molecule has 0 N–H and O–H groups in total. The maximum atomic E-state index is 10.3. The van der Waals surface area contributed by atoms with Gasteiger partial charge in [-0.25, -0.2) is 0 Å². The van der Waals surface area contributed by atoms with E-state index < -0.39 is 11.8 Å². The van der Waals surface area contributed by atoms with Gasteiger partial charge in [-0.3, -0.25) is 0 Å². The van der Waals surface area contributed by atoms with Crippen LogP contribution in [0.4, 0.5) is 0 Å². The van der Waals surface area contributed by atoms with Gasteiger partial charge in [-0.15, -0.1) is 0 Å². The molecular weight excluding hydrogens is 175 g/mol.